The fourth-order valence-corrected chi connectivity index (χ4v) is 3.68. The van der Waals surface area contributed by atoms with Gasteiger partial charge in [0.2, 0.25) is 0 Å². The number of nitrogens with one attached hydrogen (secondary N) is 1. The van der Waals surface area contributed by atoms with Crippen molar-refractivity contribution in [3.05, 3.63) is 66.5 Å². The van der Waals surface area contributed by atoms with Gasteiger partial charge in [-0.3, -0.25) is 9.78 Å². The molecule has 0 bridgehead atoms. The van der Waals surface area contributed by atoms with Crippen molar-refractivity contribution in [1.29, 1.82) is 0 Å². The molecule has 0 aliphatic heterocycles. The number of benzene rings is 2. The molecule has 0 amide bonds. The van der Waals surface area contributed by atoms with E-state index in [4.69, 9.17) is 4.74 Å². The number of ketones is 1. The maximum absolute atomic E-state index is 11.4. The number of Topliss-reactive ketones (excluding diaryl/α,β-unsaturated/α-hetero) is 1. The quantitative estimate of drug-likeness (QED) is 0.479. The summed E-state index contributed by atoms with van der Waals surface area (Å²) in [6, 6.07) is 15.5. The summed E-state index contributed by atoms with van der Waals surface area (Å²) in [5, 5.41) is 4.11. The lowest BCUT2D eigenvalue weighted by molar-refractivity contribution is 0.101. The fourth-order valence-electron chi connectivity index (χ4n) is 2.76. The molecule has 0 aliphatic carbocycles. The number of nitrogens with zero attached hydrogens (tertiary/aromatic N) is 2. The Bertz CT molecular complexity index is 1120. The summed E-state index contributed by atoms with van der Waals surface area (Å²) in [4.78, 5) is 20.2. The number of pyridine rings is 1. The highest BCUT2D eigenvalue weighted by Gasteiger charge is 2.08. The molecule has 5 nitrogen and oxygen atoms in total. The molecule has 0 unspecified atom stereocenters. The largest absolute Gasteiger partial charge is 0.495 e. The molecule has 27 heavy (non-hydrogen) atoms. The molecule has 4 rings (SSSR count). The van der Waals surface area contributed by atoms with Crippen LogP contribution in [-0.4, -0.2) is 22.9 Å². The molecule has 2 aromatic heterocycles. The normalized spacial score (nSPS) is 10.7. The van der Waals surface area contributed by atoms with Gasteiger partial charge in [-0.05, 0) is 55.0 Å². The van der Waals surface area contributed by atoms with Crippen molar-refractivity contribution < 1.29 is 9.53 Å². The Morgan fingerprint density at radius 1 is 1.04 bits per heavy atom. The first-order valence-corrected chi connectivity index (χ1v) is 9.22. The van der Waals surface area contributed by atoms with Crippen molar-refractivity contribution >= 4 is 38.2 Å². The van der Waals surface area contributed by atoms with E-state index in [1.165, 1.54) is 0 Å². The van der Waals surface area contributed by atoms with Crippen LogP contribution in [0.15, 0.2) is 60.9 Å². The van der Waals surface area contributed by atoms with Gasteiger partial charge in [-0.25, -0.2) is 4.98 Å². The van der Waals surface area contributed by atoms with E-state index in [0.29, 0.717) is 5.56 Å². The summed E-state index contributed by atoms with van der Waals surface area (Å²) in [5.41, 5.74) is 4.59. The minimum absolute atomic E-state index is 0.0566. The van der Waals surface area contributed by atoms with Crippen molar-refractivity contribution in [1.82, 2.24) is 9.97 Å². The molecule has 0 radical (unpaired) electrons. The highest BCUT2D eigenvalue weighted by atomic mass is 32.1. The predicted molar refractivity (Wildman–Crippen MR) is 109 cm³/mol. The van der Waals surface area contributed by atoms with Crippen molar-refractivity contribution in [2.45, 2.75) is 6.92 Å². The number of methoxy groups -OCH3 is 1. The average Bonchev–Trinajstić information content (AvgIpc) is 3.09. The third-order valence-electron chi connectivity index (χ3n) is 4.21. The minimum Gasteiger partial charge on any atom is -0.495 e. The number of fused-ring (bicyclic) bond motifs is 1. The minimum atomic E-state index is 0.0566. The van der Waals surface area contributed by atoms with Gasteiger partial charge in [-0.15, -0.1) is 0 Å². The molecule has 2 heterocycles. The molecule has 6 heteroatoms. The van der Waals surface area contributed by atoms with Gasteiger partial charge in [0, 0.05) is 23.0 Å². The fraction of sp³-hybridized carbons (Fsp3) is 0.0952. The van der Waals surface area contributed by atoms with E-state index in [1.807, 2.05) is 48.7 Å². The second-order valence-corrected chi connectivity index (χ2v) is 7.10. The Balaban J connectivity index is 1.61. The summed E-state index contributed by atoms with van der Waals surface area (Å²) in [7, 11) is 1.63. The SMILES string of the molecule is COc1cncc(-c2ccc3nc(Nc4ccc(C(C)=O)cc4)sc3c2)c1. The zero-order chi connectivity index (χ0) is 18.8. The molecule has 1 N–H and O–H groups in total. The second kappa shape index (κ2) is 7.17. The van der Waals surface area contributed by atoms with Crippen molar-refractivity contribution in [2.75, 3.05) is 12.4 Å². The summed E-state index contributed by atoms with van der Waals surface area (Å²) < 4.78 is 6.34. The second-order valence-electron chi connectivity index (χ2n) is 6.07. The molecular weight excluding hydrogens is 358 g/mol. The molecule has 0 fully saturated rings. The topological polar surface area (TPSA) is 64.1 Å². The van der Waals surface area contributed by atoms with Crippen LogP contribution < -0.4 is 10.1 Å². The van der Waals surface area contributed by atoms with Gasteiger partial charge < -0.3 is 10.1 Å². The number of ether oxygens (including phenoxy) is 1. The van der Waals surface area contributed by atoms with Crippen LogP contribution >= 0.6 is 11.3 Å². The van der Waals surface area contributed by atoms with Crippen LogP contribution in [0.5, 0.6) is 5.75 Å². The summed E-state index contributed by atoms with van der Waals surface area (Å²) in [6.07, 6.45) is 3.51. The standard InChI is InChI=1S/C21H17N3O2S/c1-13(25)14-3-6-17(7-4-14)23-21-24-19-8-5-15(10-20(19)27-21)16-9-18(26-2)12-22-11-16/h3-12H,1-2H3,(H,23,24). The summed E-state index contributed by atoms with van der Waals surface area (Å²) in [6.45, 7) is 1.56. The van der Waals surface area contributed by atoms with E-state index in [-0.39, 0.29) is 5.78 Å². The lowest BCUT2D eigenvalue weighted by Gasteiger charge is -2.03. The number of anilines is 2. The number of carbonyl (C=O) groups is 1. The summed E-state index contributed by atoms with van der Waals surface area (Å²) in [5.74, 6) is 0.786. The smallest absolute Gasteiger partial charge is 0.188 e. The first-order chi connectivity index (χ1) is 13.1. The summed E-state index contributed by atoms with van der Waals surface area (Å²) >= 11 is 1.58. The average molecular weight is 375 g/mol. The third kappa shape index (κ3) is 3.66. The number of aromatic nitrogens is 2. The number of rotatable bonds is 5. The molecule has 0 aliphatic rings. The van der Waals surface area contributed by atoms with Crippen LogP contribution in [-0.2, 0) is 0 Å². The lowest BCUT2D eigenvalue weighted by Crippen LogP contribution is -1.93. The zero-order valence-electron chi connectivity index (χ0n) is 14.9. The van der Waals surface area contributed by atoms with Gasteiger partial charge in [-0.2, -0.15) is 0 Å². The first-order valence-electron chi connectivity index (χ1n) is 8.40. The highest BCUT2D eigenvalue weighted by Crippen LogP contribution is 2.32. The van der Waals surface area contributed by atoms with Gasteiger partial charge >= 0.3 is 0 Å². The monoisotopic (exact) mass is 375 g/mol. The Hall–Kier alpha value is -3.25. The van der Waals surface area contributed by atoms with Crippen molar-refractivity contribution in [2.24, 2.45) is 0 Å². The van der Waals surface area contributed by atoms with Gasteiger partial charge in [0.05, 0.1) is 23.5 Å². The predicted octanol–water partition coefficient (Wildman–Crippen LogP) is 5.31. The van der Waals surface area contributed by atoms with Crippen molar-refractivity contribution in [3.63, 3.8) is 0 Å². The Morgan fingerprint density at radius 3 is 2.59 bits per heavy atom. The van der Waals surface area contributed by atoms with E-state index in [0.717, 1.165) is 37.9 Å². The number of carbonyl (C=O) groups excluding carboxylic acids is 1. The number of hydrogen-bond donors (Lipinski definition) is 1. The first kappa shape index (κ1) is 17.2. The molecule has 0 saturated carbocycles. The van der Waals surface area contributed by atoms with Crippen LogP contribution in [0.1, 0.15) is 17.3 Å². The molecule has 0 atom stereocenters. The van der Waals surface area contributed by atoms with Crippen LogP contribution in [0.3, 0.4) is 0 Å². The lowest BCUT2D eigenvalue weighted by atomic mass is 10.1. The molecule has 2 aromatic carbocycles. The van der Waals surface area contributed by atoms with Crippen LogP contribution in [0.4, 0.5) is 10.8 Å². The van der Waals surface area contributed by atoms with Crippen LogP contribution in [0.2, 0.25) is 0 Å². The van der Waals surface area contributed by atoms with Gasteiger partial charge in [0.15, 0.2) is 10.9 Å². The van der Waals surface area contributed by atoms with E-state index < -0.39 is 0 Å². The van der Waals surface area contributed by atoms with E-state index in [1.54, 1.807) is 31.6 Å². The van der Waals surface area contributed by atoms with Gasteiger partial charge in [0.25, 0.3) is 0 Å². The maximum atomic E-state index is 11.4. The zero-order valence-corrected chi connectivity index (χ0v) is 15.7. The molecular formula is C21H17N3O2S. The third-order valence-corrected chi connectivity index (χ3v) is 5.15. The molecule has 0 saturated heterocycles. The van der Waals surface area contributed by atoms with E-state index in [9.17, 15) is 4.79 Å². The van der Waals surface area contributed by atoms with E-state index >= 15 is 0 Å². The molecule has 4 aromatic rings. The molecule has 134 valence electrons. The Kier molecular flexibility index (Phi) is 4.56. The van der Waals surface area contributed by atoms with Gasteiger partial charge in [0.1, 0.15) is 5.75 Å². The molecule has 0 spiro atoms. The Morgan fingerprint density at radius 2 is 1.85 bits per heavy atom. The van der Waals surface area contributed by atoms with Crippen LogP contribution in [0.25, 0.3) is 21.3 Å². The number of hydrogen-bond acceptors (Lipinski definition) is 6. The van der Waals surface area contributed by atoms with Gasteiger partial charge in [-0.1, -0.05) is 17.4 Å². The number of thiazole rings is 1. The highest BCUT2D eigenvalue weighted by molar-refractivity contribution is 7.22. The van der Waals surface area contributed by atoms with Crippen LogP contribution in [0, 0.1) is 0 Å². The maximum Gasteiger partial charge on any atom is 0.188 e. The van der Waals surface area contributed by atoms with E-state index in [2.05, 4.69) is 21.4 Å². The van der Waals surface area contributed by atoms with Crippen molar-refractivity contribution in [3.8, 4) is 16.9 Å². The Labute approximate surface area is 160 Å².